The molecule has 4 nitrogen and oxygen atoms in total. The van der Waals surface area contributed by atoms with Crippen LogP contribution in [0.2, 0.25) is 0 Å². The van der Waals surface area contributed by atoms with Gasteiger partial charge in [-0.1, -0.05) is 24.3 Å². The van der Waals surface area contributed by atoms with E-state index in [2.05, 4.69) is 9.88 Å². The molecule has 1 aromatic heterocycles. The van der Waals surface area contributed by atoms with E-state index in [1.54, 1.807) is 0 Å². The molecule has 0 amide bonds. The van der Waals surface area contributed by atoms with Crippen LogP contribution in [0.4, 0.5) is 0 Å². The van der Waals surface area contributed by atoms with Gasteiger partial charge in [-0.05, 0) is 0 Å². The van der Waals surface area contributed by atoms with Crippen molar-refractivity contribution in [3.05, 3.63) is 41.2 Å². The monoisotopic (exact) mass is 241 g/mol. The molecule has 1 aromatic carbocycles. The summed E-state index contributed by atoms with van der Waals surface area (Å²) in [5, 5.41) is 3.36. The molecule has 0 bridgehead atoms. The van der Waals surface area contributed by atoms with Crippen molar-refractivity contribution in [2.45, 2.75) is 13.0 Å². The van der Waals surface area contributed by atoms with Crippen molar-refractivity contribution < 1.29 is 4.79 Å². The van der Waals surface area contributed by atoms with E-state index < -0.39 is 0 Å². The second-order valence-electron chi connectivity index (χ2n) is 4.55. The zero-order chi connectivity index (χ0) is 12.5. The number of carbonyl (C=O) groups excluding carboxylic acids is 1. The fraction of sp³-hybridized carbons (Fsp3) is 0.286. The van der Waals surface area contributed by atoms with E-state index in [4.69, 9.17) is 4.98 Å². The molecule has 18 heavy (non-hydrogen) atoms. The highest BCUT2D eigenvalue weighted by atomic mass is 16.1. The van der Waals surface area contributed by atoms with E-state index in [1.807, 2.05) is 31.3 Å². The van der Waals surface area contributed by atoms with Gasteiger partial charge < -0.3 is 9.88 Å². The summed E-state index contributed by atoms with van der Waals surface area (Å²) in [5.74, 6) is 0.973. The zero-order valence-electron chi connectivity index (χ0n) is 10.3. The van der Waals surface area contributed by atoms with Gasteiger partial charge in [0.1, 0.15) is 12.1 Å². The molecule has 1 aliphatic rings. The molecule has 0 saturated heterocycles. The van der Waals surface area contributed by atoms with E-state index in [1.165, 1.54) is 11.4 Å². The Labute approximate surface area is 106 Å². The lowest BCUT2D eigenvalue weighted by molar-refractivity contribution is 0.112. The van der Waals surface area contributed by atoms with E-state index in [9.17, 15) is 4.79 Å². The van der Waals surface area contributed by atoms with Crippen LogP contribution in [0.25, 0.3) is 11.4 Å². The van der Waals surface area contributed by atoms with Crippen molar-refractivity contribution in [2.24, 2.45) is 7.05 Å². The number of nitrogens with zero attached hydrogens (tertiary/aromatic N) is 2. The Morgan fingerprint density at radius 1 is 1.33 bits per heavy atom. The Hall–Kier alpha value is -1.94. The number of imidazole rings is 1. The third-order valence-electron chi connectivity index (χ3n) is 3.43. The number of aromatic nitrogens is 2. The highest BCUT2D eigenvalue weighted by Crippen LogP contribution is 2.23. The lowest BCUT2D eigenvalue weighted by Crippen LogP contribution is -2.24. The van der Waals surface area contributed by atoms with Crippen LogP contribution in [0.15, 0.2) is 24.3 Å². The Morgan fingerprint density at radius 2 is 2.11 bits per heavy atom. The number of hydrogen-bond acceptors (Lipinski definition) is 3. The summed E-state index contributed by atoms with van der Waals surface area (Å²) in [4.78, 5) is 15.4. The molecule has 0 saturated carbocycles. The summed E-state index contributed by atoms with van der Waals surface area (Å²) in [6.45, 7) is 1.87. The minimum Gasteiger partial charge on any atom is -0.330 e. The summed E-state index contributed by atoms with van der Waals surface area (Å²) >= 11 is 0. The van der Waals surface area contributed by atoms with Gasteiger partial charge in [0.15, 0.2) is 0 Å². The largest absolute Gasteiger partial charge is 0.330 e. The van der Waals surface area contributed by atoms with Gasteiger partial charge in [0, 0.05) is 37.7 Å². The van der Waals surface area contributed by atoms with Gasteiger partial charge in [-0.15, -0.1) is 0 Å². The molecule has 0 radical (unpaired) electrons. The van der Waals surface area contributed by atoms with Crippen molar-refractivity contribution in [1.29, 1.82) is 0 Å². The van der Waals surface area contributed by atoms with E-state index in [0.29, 0.717) is 5.56 Å². The van der Waals surface area contributed by atoms with Gasteiger partial charge in [-0.25, -0.2) is 4.98 Å². The maximum Gasteiger partial charge on any atom is 0.150 e. The first-order chi connectivity index (χ1) is 8.79. The molecule has 0 aliphatic carbocycles. The summed E-state index contributed by atoms with van der Waals surface area (Å²) in [5.41, 5.74) is 4.19. The fourth-order valence-corrected chi connectivity index (χ4v) is 2.39. The maximum atomic E-state index is 10.7. The standard InChI is InChI=1S/C14H15N3O/c1-17-13-8-15-7-6-12(13)16-14(17)11-4-2-10(9-18)3-5-11/h2-5,9,15H,6-8H2,1H3. The predicted octanol–water partition coefficient (Wildman–Crippen LogP) is 1.55. The van der Waals surface area contributed by atoms with Crippen LogP contribution in [0.5, 0.6) is 0 Å². The van der Waals surface area contributed by atoms with Crippen LogP contribution in [0.3, 0.4) is 0 Å². The van der Waals surface area contributed by atoms with Crippen LogP contribution in [0, 0.1) is 0 Å². The van der Waals surface area contributed by atoms with E-state index >= 15 is 0 Å². The molecular weight excluding hydrogens is 226 g/mol. The Balaban J connectivity index is 2.05. The van der Waals surface area contributed by atoms with Gasteiger partial charge in [0.2, 0.25) is 0 Å². The Morgan fingerprint density at radius 3 is 2.78 bits per heavy atom. The third-order valence-corrected chi connectivity index (χ3v) is 3.43. The molecule has 92 valence electrons. The second-order valence-corrected chi connectivity index (χ2v) is 4.55. The summed E-state index contributed by atoms with van der Waals surface area (Å²) < 4.78 is 2.14. The highest BCUT2D eigenvalue weighted by molar-refractivity contribution is 5.76. The van der Waals surface area contributed by atoms with E-state index in [-0.39, 0.29) is 0 Å². The average Bonchev–Trinajstić information content (AvgIpc) is 2.77. The van der Waals surface area contributed by atoms with Crippen LogP contribution < -0.4 is 5.32 Å². The fourth-order valence-electron chi connectivity index (χ4n) is 2.39. The molecule has 2 heterocycles. The first-order valence-electron chi connectivity index (χ1n) is 6.10. The highest BCUT2D eigenvalue weighted by Gasteiger charge is 2.18. The minimum absolute atomic E-state index is 0.694. The van der Waals surface area contributed by atoms with Crippen LogP contribution >= 0.6 is 0 Å². The average molecular weight is 241 g/mol. The van der Waals surface area contributed by atoms with Gasteiger partial charge in [0.05, 0.1) is 11.4 Å². The molecule has 1 aliphatic heterocycles. The molecule has 0 unspecified atom stereocenters. The molecule has 0 atom stereocenters. The zero-order valence-corrected chi connectivity index (χ0v) is 10.3. The number of benzene rings is 1. The molecule has 4 heteroatoms. The molecule has 0 fully saturated rings. The topological polar surface area (TPSA) is 46.9 Å². The second kappa shape index (κ2) is 4.38. The van der Waals surface area contributed by atoms with Gasteiger partial charge >= 0.3 is 0 Å². The number of carbonyl (C=O) groups is 1. The lowest BCUT2D eigenvalue weighted by Gasteiger charge is -2.13. The molecular formula is C14H15N3O. The van der Waals surface area contributed by atoms with Crippen molar-refractivity contribution in [2.75, 3.05) is 6.54 Å². The number of fused-ring (bicyclic) bond motifs is 1. The van der Waals surface area contributed by atoms with Crippen molar-refractivity contribution >= 4 is 6.29 Å². The molecule has 2 aromatic rings. The smallest absolute Gasteiger partial charge is 0.150 e. The van der Waals surface area contributed by atoms with Crippen molar-refractivity contribution in [3.63, 3.8) is 0 Å². The van der Waals surface area contributed by atoms with Crippen molar-refractivity contribution in [3.8, 4) is 11.4 Å². The SMILES string of the molecule is Cn1c(-c2ccc(C=O)cc2)nc2c1CNCC2. The Kier molecular flexibility index (Phi) is 2.72. The quantitative estimate of drug-likeness (QED) is 0.811. The first kappa shape index (κ1) is 11.2. The number of rotatable bonds is 2. The van der Waals surface area contributed by atoms with E-state index in [0.717, 1.165) is 37.2 Å². The normalized spacial score (nSPS) is 14.3. The maximum absolute atomic E-state index is 10.7. The van der Waals surface area contributed by atoms with Crippen LogP contribution in [0.1, 0.15) is 21.7 Å². The number of hydrogen-bond donors (Lipinski definition) is 1. The molecule has 0 spiro atoms. The van der Waals surface area contributed by atoms with Crippen molar-refractivity contribution in [1.82, 2.24) is 14.9 Å². The van der Waals surface area contributed by atoms with Crippen LogP contribution in [-0.2, 0) is 20.0 Å². The molecule has 1 N–H and O–H groups in total. The molecule has 3 rings (SSSR count). The summed E-state index contributed by atoms with van der Waals surface area (Å²) in [7, 11) is 2.04. The van der Waals surface area contributed by atoms with Gasteiger partial charge in [-0.2, -0.15) is 0 Å². The third kappa shape index (κ3) is 1.75. The number of nitrogens with one attached hydrogen (secondary N) is 1. The van der Waals surface area contributed by atoms with Gasteiger partial charge in [-0.3, -0.25) is 4.79 Å². The van der Waals surface area contributed by atoms with Gasteiger partial charge in [0.25, 0.3) is 0 Å². The minimum atomic E-state index is 0.694. The first-order valence-corrected chi connectivity index (χ1v) is 6.10. The number of aldehydes is 1. The summed E-state index contributed by atoms with van der Waals surface area (Å²) in [6, 6.07) is 7.55. The lowest BCUT2D eigenvalue weighted by atomic mass is 10.1. The summed E-state index contributed by atoms with van der Waals surface area (Å²) in [6.07, 6.45) is 1.84. The Bertz CT molecular complexity index is 584. The van der Waals surface area contributed by atoms with Crippen LogP contribution in [-0.4, -0.2) is 22.4 Å². The predicted molar refractivity (Wildman–Crippen MR) is 69.4 cm³/mol.